The first-order valence-electron chi connectivity index (χ1n) is 22.2. The molecule has 2 aromatic carbocycles. The van der Waals surface area contributed by atoms with E-state index in [1.807, 2.05) is 36.5 Å². The van der Waals surface area contributed by atoms with Crippen LogP contribution in [0.15, 0.2) is 77.2 Å². The van der Waals surface area contributed by atoms with Gasteiger partial charge in [0.1, 0.15) is 16.9 Å². The van der Waals surface area contributed by atoms with E-state index in [0.29, 0.717) is 29.9 Å². The minimum absolute atomic E-state index is 0.0100. The van der Waals surface area contributed by atoms with Gasteiger partial charge in [-0.05, 0) is 87.4 Å². The Hall–Kier alpha value is -5.98. The molecular weight excluding hydrogens is 833 g/mol. The van der Waals surface area contributed by atoms with Gasteiger partial charge in [-0.15, -0.1) is 0 Å². The summed E-state index contributed by atoms with van der Waals surface area (Å²) in [5, 5.41) is 9.10. The Labute approximate surface area is 376 Å². The summed E-state index contributed by atoms with van der Waals surface area (Å²) in [7, 11) is 0. The number of fused-ring (bicyclic) bond motifs is 1. The maximum atomic E-state index is 13.0. The van der Waals surface area contributed by atoms with Crippen molar-refractivity contribution < 1.29 is 24.0 Å². The second-order valence-electron chi connectivity index (χ2n) is 18.2. The van der Waals surface area contributed by atoms with Crippen LogP contribution in [0.1, 0.15) is 90.1 Å². The van der Waals surface area contributed by atoms with Gasteiger partial charge in [0.05, 0.1) is 18.0 Å². The van der Waals surface area contributed by atoms with Crippen LogP contribution in [0.4, 0.5) is 17.5 Å². The van der Waals surface area contributed by atoms with Crippen LogP contribution in [0, 0.1) is 5.41 Å². The number of unbranched alkanes of at least 4 members (excludes halogenated alkanes) is 1. The minimum atomic E-state index is -0.675. The van der Waals surface area contributed by atoms with Crippen molar-refractivity contribution in [1.29, 1.82) is 0 Å². The van der Waals surface area contributed by atoms with Gasteiger partial charge in [-0.2, -0.15) is 0 Å². The lowest BCUT2D eigenvalue weighted by Crippen LogP contribution is -2.57. The van der Waals surface area contributed by atoms with Crippen LogP contribution in [0.5, 0.6) is 0 Å². The number of benzene rings is 2. The third kappa shape index (κ3) is 9.88. The SMILES string of the molecule is CC1(N)CCN(c2cnc(Sc3cccc(NC(=O)CCCCN4CC5(CCN(c6ncc(C(=O)NCc7ccc8c(c7)CN(C7CCC(=O)NC7=O)C8=O)cn6)C5)C4)c3)cn2)CC1. The molecule has 18 heteroatoms. The number of carbonyl (C=O) groups excluding carboxylic acids is 5. The predicted molar refractivity (Wildman–Crippen MR) is 241 cm³/mol. The van der Waals surface area contributed by atoms with Crippen molar-refractivity contribution in [1.82, 2.24) is 40.4 Å². The number of anilines is 3. The Bertz CT molecular complexity index is 2420. The number of amides is 5. The molecule has 4 aromatic rings. The van der Waals surface area contributed by atoms with Crippen molar-refractivity contribution in [3.63, 3.8) is 0 Å². The van der Waals surface area contributed by atoms with E-state index in [1.54, 1.807) is 30.7 Å². The molecule has 334 valence electrons. The van der Waals surface area contributed by atoms with E-state index in [4.69, 9.17) is 5.73 Å². The summed E-state index contributed by atoms with van der Waals surface area (Å²) in [6.07, 6.45) is 12.4. The van der Waals surface area contributed by atoms with Gasteiger partial charge in [-0.1, -0.05) is 30.0 Å². The lowest BCUT2D eigenvalue weighted by Gasteiger charge is -2.48. The number of rotatable bonds is 14. The molecule has 5 aliphatic heterocycles. The summed E-state index contributed by atoms with van der Waals surface area (Å²) < 4.78 is 0. The Balaban J connectivity index is 0.661. The third-order valence-corrected chi connectivity index (χ3v) is 14.0. The van der Waals surface area contributed by atoms with E-state index < -0.39 is 11.9 Å². The van der Waals surface area contributed by atoms with Crippen molar-refractivity contribution in [2.75, 3.05) is 60.9 Å². The number of imide groups is 1. The lowest BCUT2D eigenvalue weighted by molar-refractivity contribution is -0.137. The normalized spacial score (nSPS) is 20.2. The van der Waals surface area contributed by atoms with Gasteiger partial charge >= 0.3 is 0 Å². The smallest absolute Gasteiger partial charge is 0.255 e. The van der Waals surface area contributed by atoms with Gasteiger partial charge in [0.25, 0.3) is 11.8 Å². The Morgan fingerprint density at radius 3 is 2.47 bits per heavy atom. The van der Waals surface area contributed by atoms with E-state index in [-0.39, 0.29) is 54.1 Å². The topological polar surface area (TPSA) is 212 Å². The fourth-order valence-electron chi connectivity index (χ4n) is 9.42. The monoisotopic (exact) mass is 886 g/mol. The highest BCUT2D eigenvalue weighted by Crippen LogP contribution is 2.40. The van der Waals surface area contributed by atoms with Crippen LogP contribution in [0.3, 0.4) is 0 Å². The summed E-state index contributed by atoms with van der Waals surface area (Å²) in [6, 6.07) is 12.5. The highest BCUT2D eigenvalue weighted by atomic mass is 32.2. The summed E-state index contributed by atoms with van der Waals surface area (Å²) in [4.78, 5) is 90.6. The number of nitrogens with two attached hydrogens (primary N) is 1. The Morgan fingerprint density at radius 2 is 1.70 bits per heavy atom. The number of likely N-dealkylation sites (tertiary alicyclic amines) is 1. The summed E-state index contributed by atoms with van der Waals surface area (Å²) in [5.41, 5.74) is 9.62. The van der Waals surface area contributed by atoms with E-state index in [2.05, 4.69) is 57.5 Å². The van der Waals surface area contributed by atoms with Crippen LogP contribution < -0.4 is 31.5 Å². The number of hydrogen-bond donors (Lipinski definition) is 4. The fraction of sp³-hybridized carbons (Fsp3) is 0.457. The molecule has 5 N–H and O–H groups in total. The highest BCUT2D eigenvalue weighted by molar-refractivity contribution is 7.99. The van der Waals surface area contributed by atoms with E-state index >= 15 is 0 Å². The number of nitrogens with one attached hydrogen (secondary N) is 3. The number of hydrogen-bond acceptors (Lipinski definition) is 14. The number of aromatic nitrogens is 4. The summed E-state index contributed by atoms with van der Waals surface area (Å²) in [5.74, 6) is 0.191. The molecule has 5 amide bonds. The van der Waals surface area contributed by atoms with Gasteiger partial charge in [0.15, 0.2) is 0 Å². The van der Waals surface area contributed by atoms with Gasteiger partial charge in [0, 0.05) is 105 Å². The highest BCUT2D eigenvalue weighted by Gasteiger charge is 2.48. The first-order chi connectivity index (χ1) is 30.9. The van der Waals surface area contributed by atoms with Gasteiger partial charge < -0.3 is 36.0 Å². The molecule has 5 aliphatic rings. The zero-order valence-electron chi connectivity index (χ0n) is 36.1. The molecule has 0 radical (unpaired) electrons. The second-order valence-corrected chi connectivity index (χ2v) is 19.3. The maximum absolute atomic E-state index is 13.0. The molecule has 4 fully saturated rings. The molecule has 64 heavy (non-hydrogen) atoms. The van der Waals surface area contributed by atoms with Crippen molar-refractivity contribution in [3.8, 4) is 0 Å². The molecule has 1 unspecified atom stereocenters. The Morgan fingerprint density at radius 1 is 0.906 bits per heavy atom. The molecular formula is C46H54N12O5S. The first-order valence-corrected chi connectivity index (χ1v) is 23.0. The Kier molecular flexibility index (Phi) is 12.3. The van der Waals surface area contributed by atoms with E-state index in [0.717, 1.165) is 110 Å². The number of carbonyl (C=O) groups is 5. The summed E-state index contributed by atoms with van der Waals surface area (Å²) >= 11 is 1.52. The molecule has 9 rings (SSSR count). The fourth-order valence-corrected chi connectivity index (χ4v) is 10.2. The van der Waals surface area contributed by atoms with Crippen LogP contribution in [-0.2, 0) is 27.5 Å². The molecule has 4 saturated heterocycles. The second kappa shape index (κ2) is 18.3. The molecule has 0 saturated carbocycles. The number of nitrogens with zero attached hydrogens (tertiary/aromatic N) is 8. The van der Waals surface area contributed by atoms with Crippen LogP contribution in [0.2, 0.25) is 0 Å². The molecule has 17 nitrogen and oxygen atoms in total. The molecule has 0 bridgehead atoms. The quantitative estimate of drug-likeness (QED) is 0.105. The van der Waals surface area contributed by atoms with Crippen molar-refractivity contribution in [3.05, 3.63) is 89.5 Å². The molecule has 0 aliphatic carbocycles. The molecule has 2 aromatic heterocycles. The average Bonchev–Trinajstić information content (AvgIpc) is 3.86. The maximum Gasteiger partial charge on any atom is 0.255 e. The average molecular weight is 887 g/mol. The van der Waals surface area contributed by atoms with Gasteiger partial charge in [-0.3, -0.25) is 29.3 Å². The predicted octanol–water partition coefficient (Wildman–Crippen LogP) is 3.75. The lowest BCUT2D eigenvalue weighted by atomic mass is 9.79. The zero-order valence-corrected chi connectivity index (χ0v) is 36.9. The molecule has 7 heterocycles. The van der Waals surface area contributed by atoms with Gasteiger partial charge in [0.2, 0.25) is 23.7 Å². The van der Waals surface area contributed by atoms with Crippen molar-refractivity contribution in [2.45, 2.75) is 92.9 Å². The largest absolute Gasteiger partial charge is 0.355 e. The minimum Gasteiger partial charge on any atom is -0.355 e. The van der Waals surface area contributed by atoms with Gasteiger partial charge in [-0.25, -0.2) is 19.9 Å². The van der Waals surface area contributed by atoms with Crippen molar-refractivity contribution >= 4 is 58.8 Å². The molecule has 1 atom stereocenters. The number of piperidine rings is 2. The van der Waals surface area contributed by atoms with E-state index in [1.165, 1.54) is 16.7 Å². The standard InChI is InChI=1S/C46H54N12O5S/c1-45(47)12-16-56(17-13-45)37-24-49-40(25-48-37)64-34-6-4-5-33(20-34)53-38(59)7-2-3-15-55-27-46(28-55)14-18-57(29-46)44-51-22-32(23-52-44)41(61)50-21-30-8-9-35-31(19-30)26-58(43(35)63)36-10-11-39(60)54-42(36)62/h4-6,8-9,19-20,22-25,36H,2-3,7,10-18,21,26-29,47H2,1H3,(H,50,61)(H,53,59)(H,54,60,62). The molecule has 1 spiro atoms. The third-order valence-electron chi connectivity index (χ3n) is 13.1. The van der Waals surface area contributed by atoms with Crippen molar-refractivity contribution in [2.24, 2.45) is 11.1 Å². The summed E-state index contributed by atoms with van der Waals surface area (Å²) in [6.45, 7) is 9.06. The van der Waals surface area contributed by atoms with Crippen LogP contribution in [-0.4, -0.2) is 117 Å². The first kappa shape index (κ1) is 43.3. The van der Waals surface area contributed by atoms with Crippen LogP contribution in [0.25, 0.3) is 0 Å². The van der Waals surface area contributed by atoms with Crippen LogP contribution >= 0.6 is 11.8 Å². The zero-order chi connectivity index (χ0) is 44.4. The van der Waals surface area contributed by atoms with E-state index in [9.17, 15) is 24.0 Å².